The van der Waals surface area contributed by atoms with Gasteiger partial charge in [-0.2, -0.15) is 0 Å². The molecule has 2 aromatic rings. The van der Waals surface area contributed by atoms with E-state index in [-0.39, 0.29) is 5.78 Å². The molecule has 0 atom stereocenters. The first-order chi connectivity index (χ1) is 6.68. The van der Waals surface area contributed by atoms with E-state index in [1.165, 1.54) is 24.5 Å². The molecule has 2 rings (SSSR count). The van der Waals surface area contributed by atoms with Gasteiger partial charge >= 0.3 is 0 Å². The topological polar surface area (TPSA) is 43.1 Å². The molecule has 0 aliphatic rings. The fraction of sp³-hybridized carbons (Fsp3) is 0.111. The number of carbonyl (C=O) groups excluding carboxylic acids is 1. The zero-order valence-electron chi connectivity index (χ0n) is 7.28. The van der Waals surface area contributed by atoms with Crippen molar-refractivity contribution in [3.63, 3.8) is 0 Å². The van der Waals surface area contributed by atoms with Gasteiger partial charge in [-0.05, 0) is 19.1 Å². The number of carbonyl (C=O) groups is 1. The molecular formula is C9H6ClNO2S. The third-order valence-electron chi connectivity index (χ3n) is 1.75. The van der Waals surface area contributed by atoms with Gasteiger partial charge in [-0.15, -0.1) is 11.3 Å². The van der Waals surface area contributed by atoms with Crippen LogP contribution in [0.5, 0.6) is 0 Å². The van der Waals surface area contributed by atoms with E-state index in [1.807, 2.05) is 0 Å². The highest BCUT2D eigenvalue weighted by Gasteiger charge is 2.15. The summed E-state index contributed by atoms with van der Waals surface area (Å²) in [5.74, 6) is 0.431. The predicted molar refractivity (Wildman–Crippen MR) is 54.8 cm³/mol. The number of thiophene rings is 1. The van der Waals surface area contributed by atoms with Gasteiger partial charge in [0.15, 0.2) is 11.5 Å². The summed E-state index contributed by atoms with van der Waals surface area (Å²) in [5, 5.41) is 3.60. The smallest absolute Gasteiger partial charge is 0.187 e. The standard InChI is InChI=1S/C9H6ClNO2S/c1-5(12)6-4-11-13-9(6)7-2-3-8(10)14-7/h2-4H,1H3. The van der Waals surface area contributed by atoms with E-state index in [0.29, 0.717) is 15.7 Å². The molecule has 3 nitrogen and oxygen atoms in total. The molecular weight excluding hydrogens is 222 g/mol. The first kappa shape index (κ1) is 9.43. The molecule has 0 aromatic carbocycles. The lowest BCUT2D eigenvalue weighted by Gasteiger charge is -1.91. The minimum absolute atomic E-state index is 0.0641. The molecule has 0 saturated carbocycles. The van der Waals surface area contributed by atoms with Crippen molar-refractivity contribution >= 4 is 28.7 Å². The molecule has 0 amide bonds. The van der Waals surface area contributed by atoms with Crippen molar-refractivity contribution < 1.29 is 9.32 Å². The SMILES string of the molecule is CC(=O)c1cnoc1-c1ccc(Cl)s1. The third-order valence-corrected chi connectivity index (χ3v) is 2.98. The number of nitrogens with zero attached hydrogens (tertiary/aromatic N) is 1. The second kappa shape index (κ2) is 3.55. The summed E-state index contributed by atoms with van der Waals surface area (Å²) < 4.78 is 5.66. The van der Waals surface area contributed by atoms with Crippen molar-refractivity contribution in [3.05, 3.63) is 28.2 Å². The van der Waals surface area contributed by atoms with Gasteiger partial charge in [0.25, 0.3) is 0 Å². The summed E-state index contributed by atoms with van der Waals surface area (Å²) in [4.78, 5) is 12.0. The quantitative estimate of drug-likeness (QED) is 0.740. The van der Waals surface area contributed by atoms with Gasteiger partial charge in [-0.3, -0.25) is 4.79 Å². The number of halogens is 1. The van der Waals surface area contributed by atoms with Gasteiger partial charge in [0.1, 0.15) is 0 Å². The first-order valence-corrected chi connectivity index (χ1v) is 5.09. The normalized spacial score (nSPS) is 10.4. The van der Waals surface area contributed by atoms with Crippen LogP contribution in [0.1, 0.15) is 17.3 Å². The molecule has 5 heteroatoms. The molecule has 72 valence electrons. The zero-order chi connectivity index (χ0) is 10.1. The lowest BCUT2D eigenvalue weighted by Crippen LogP contribution is -1.90. The fourth-order valence-electron chi connectivity index (χ4n) is 1.10. The van der Waals surface area contributed by atoms with Crippen LogP contribution >= 0.6 is 22.9 Å². The van der Waals surface area contributed by atoms with Crippen LogP contribution in [0.2, 0.25) is 4.34 Å². The summed E-state index contributed by atoms with van der Waals surface area (Å²) >= 11 is 7.14. The summed E-state index contributed by atoms with van der Waals surface area (Å²) in [7, 11) is 0. The number of ketones is 1. The van der Waals surface area contributed by atoms with Crippen LogP contribution in [0.15, 0.2) is 22.9 Å². The average Bonchev–Trinajstić information content (AvgIpc) is 2.70. The van der Waals surface area contributed by atoms with Gasteiger partial charge in [0.05, 0.1) is 21.0 Å². The van der Waals surface area contributed by atoms with Crippen molar-refractivity contribution in [2.24, 2.45) is 0 Å². The maximum atomic E-state index is 11.2. The Kier molecular flexibility index (Phi) is 2.39. The van der Waals surface area contributed by atoms with Crippen LogP contribution in [0.3, 0.4) is 0 Å². The molecule has 2 aromatic heterocycles. The molecule has 2 heterocycles. The van der Waals surface area contributed by atoms with Crippen molar-refractivity contribution in [1.29, 1.82) is 0 Å². The van der Waals surface area contributed by atoms with Crippen LogP contribution < -0.4 is 0 Å². The summed E-state index contributed by atoms with van der Waals surface area (Å²) in [6, 6.07) is 3.56. The van der Waals surface area contributed by atoms with Gasteiger partial charge in [-0.25, -0.2) is 0 Å². The zero-order valence-corrected chi connectivity index (χ0v) is 8.85. The number of rotatable bonds is 2. The highest BCUT2D eigenvalue weighted by molar-refractivity contribution is 7.19. The molecule has 0 bridgehead atoms. The monoisotopic (exact) mass is 227 g/mol. The Morgan fingerprint density at radius 1 is 1.57 bits per heavy atom. The Bertz CT molecular complexity index is 475. The molecule has 0 radical (unpaired) electrons. The van der Waals surface area contributed by atoms with E-state index in [1.54, 1.807) is 12.1 Å². The van der Waals surface area contributed by atoms with E-state index in [9.17, 15) is 4.79 Å². The molecule has 14 heavy (non-hydrogen) atoms. The van der Waals surface area contributed by atoms with E-state index in [2.05, 4.69) is 5.16 Å². The van der Waals surface area contributed by atoms with E-state index >= 15 is 0 Å². The van der Waals surface area contributed by atoms with Gasteiger partial charge < -0.3 is 4.52 Å². The molecule has 0 saturated heterocycles. The Morgan fingerprint density at radius 3 is 2.93 bits per heavy atom. The van der Waals surface area contributed by atoms with Crippen molar-refractivity contribution in [1.82, 2.24) is 5.16 Å². The van der Waals surface area contributed by atoms with Gasteiger partial charge in [0, 0.05) is 0 Å². The highest BCUT2D eigenvalue weighted by atomic mass is 35.5. The first-order valence-electron chi connectivity index (χ1n) is 3.90. The van der Waals surface area contributed by atoms with Crippen LogP contribution in [0, 0.1) is 0 Å². The average molecular weight is 228 g/mol. The molecule has 0 unspecified atom stereocenters. The lowest BCUT2D eigenvalue weighted by atomic mass is 10.2. The third kappa shape index (κ3) is 1.58. The largest absolute Gasteiger partial charge is 0.355 e. The Labute approximate surface area is 89.3 Å². The van der Waals surface area contributed by atoms with E-state index < -0.39 is 0 Å². The second-order valence-electron chi connectivity index (χ2n) is 2.73. The van der Waals surface area contributed by atoms with Crippen LogP contribution in [-0.4, -0.2) is 10.9 Å². The maximum absolute atomic E-state index is 11.2. The molecule has 0 N–H and O–H groups in total. The van der Waals surface area contributed by atoms with Crippen LogP contribution in [0.4, 0.5) is 0 Å². The van der Waals surface area contributed by atoms with Crippen LogP contribution in [-0.2, 0) is 0 Å². The minimum Gasteiger partial charge on any atom is -0.355 e. The van der Waals surface area contributed by atoms with Crippen molar-refractivity contribution in [3.8, 4) is 10.6 Å². The van der Waals surface area contributed by atoms with Crippen molar-refractivity contribution in [2.45, 2.75) is 6.92 Å². The summed E-state index contributed by atoms with van der Waals surface area (Å²) in [6.45, 7) is 1.48. The van der Waals surface area contributed by atoms with Crippen molar-refractivity contribution in [2.75, 3.05) is 0 Å². The lowest BCUT2D eigenvalue weighted by molar-refractivity contribution is 0.101. The number of aromatic nitrogens is 1. The Hall–Kier alpha value is -1.13. The highest BCUT2D eigenvalue weighted by Crippen LogP contribution is 2.33. The maximum Gasteiger partial charge on any atom is 0.187 e. The van der Waals surface area contributed by atoms with Crippen LogP contribution in [0.25, 0.3) is 10.6 Å². The fourth-order valence-corrected chi connectivity index (χ4v) is 2.14. The molecule has 0 spiro atoms. The minimum atomic E-state index is -0.0641. The molecule has 0 aliphatic heterocycles. The predicted octanol–water partition coefficient (Wildman–Crippen LogP) is 3.26. The molecule has 0 fully saturated rings. The summed E-state index contributed by atoms with van der Waals surface area (Å²) in [5.41, 5.74) is 0.489. The molecule has 0 aliphatic carbocycles. The van der Waals surface area contributed by atoms with E-state index in [4.69, 9.17) is 16.1 Å². The van der Waals surface area contributed by atoms with Gasteiger partial charge in [0.2, 0.25) is 0 Å². The van der Waals surface area contributed by atoms with Gasteiger partial charge in [-0.1, -0.05) is 16.8 Å². The Morgan fingerprint density at radius 2 is 2.36 bits per heavy atom. The van der Waals surface area contributed by atoms with E-state index in [0.717, 1.165) is 4.88 Å². The second-order valence-corrected chi connectivity index (χ2v) is 4.44. The summed E-state index contributed by atoms with van der Waals surface area (Å²) in [6.07, 6.45) is 1.42. The number of hydrogen-bond donors (Lipinski definition) is 0. The number of Topliss-reactive ketones (excluding diaryl/α,β-unsaturated/α-hetero) is 1. The Balaban J connectivity index is 2.51. The number of hydrogen-bond acceptors (Lipinski definition) is 4.